The van der Waals surface area contributed by atoms with Gasteiger partial charge in [0.05, 0.1) is 0 Å². The summed E-state index contributed by atoms with van der Waals surface area (Å²) >= 11 is -1.22. The maximum atomic E-state index is 2.30. The van der Waals surface area contributed by atoms with E-state index in [1.807, 2.05) is 0 Å². The van der Waals surface area contributed by atoms with Crippen LogP contribution in [0.15, 0.2) is 78.9 Å². The van der Waals surface area contributed by atoms with Gasteiger partial charge in [-0.3, -0.25) is 0 Å². The fraction of sp³-hybridized carbons (Fsp3) is 0.100. The first-order valence-corrected chi connectivity index (χ1v) is 9.75. The minimum absolute atomic E-state index is 1.22. The molecule has 3 aromatic carbocycles. The third-order valence-corrected chi connectivity index (χ3v) is 8.93. The van der Waals surface area contributed by atoms with Gasteiger partial charge in [-0.05, 0) is 0 Å². The summed E-state index contributed by atoms with van der Waals surface area (Å²) in [6, 6.07) is 28.6. The van der Waals surface area contributed by atoms with E-state index < -0.39 is 13.9 Å². The number of rotatable bonds is 3. The molecule has 3 aromatic rings. The Morgan fingerprint density at radius 2 is 0.952 bits per heavy atom. The molecule has 1 heteroatoms. The maximum absolute atomic E-state index is 2.30. The second kappa shape index (κ2) is 6.30. The fourth-order valence-corrected chi connectivity index (χ4v) is 7.50. The summed E-state index contributed by atoms with van der Waals surface area (Å²) in [5.74, 6) is 0. The van der Waals surface area contributed by atoms with Gasteiger partial charge in [-0.2, -0.15) is 0 Å². The zero-order valence-corrected chi connectivity index (χ0v) is 14.1. The standard InChI is InChI=1S/C20H19Se/c1-16-10-6-8-14-19(16)21(18-12-4-3-5-13-18)20-15-9-7-11-17(20)2/h3-15H,1-2H3/q+1. The number of aryl methyl sites for hydroxylation is 2. The second-order valence-electron chi connectivity index (χ2n) is 5.15. The van der Waals surface area contributed by atoms with E-state index >= 15 is 0 Å². The van der Waals surface area contributed by atoms with Crippen molar-refractivity contribution in [3.8, 4) is 0 Å². The van der Waals surface area contributed by atoms with E-state index in [9.17, 15) is 0 Å². The van der Waals surface area contributed by atoms with E-state index in [4.69, 9.17) is 0 Å². The van der Waals surface area contributed by atoms with Gasteiger partial charge in [-0.1, -0.05) is 0 Å². The van der Waals surface area contributed by atoms with E-state index in [2.05, 4.69) is 92.7 Å². The Hall–Kier alpha value is -1.82. The molecule has 0 N–H and O–H groups in total. The SMILES string of the molecule is Cc1ccccc1[Se+](c1ccccc1)c1ccccc1C. The van der Waals surface area contributed by atoms with Gasteiger partial charge in [0, 0.05) is 0 Å². The average Bonchev–Trinajstić information content (AvgIpc) is 2.52. The van der Waals surface area contributed by atoms with Crippen molar-refractivity contribution < 1.29 is 0 Å². The Bertz CT molecular complexity index is 686. The van der Waals surface area contributed by atoms with Crippen LogP contribution >= 0.6 is 0 Å². The van der Waals surface area contributed by atoms with E-state index in [0.29, 0.717) is 0 Å². The van der Waals surface area contributed by atoms with Crippen LogP contribution in [0.5, 0.6) is 0 Å². The minimum atomic E-state index is -1.22. The van der Waals surface area contributed by atoms with Crippen molar-refractivity contribution in [2.24, 2.45) is 0 Å². The molecule has 0 saturated heterocycles. The summed E-state index contributed by atoms with van der Waals surface area (Å²) in [6.45, 7) is 4.46. The van der Waals surface area contributed by atoms with Gasteiger partial charge in [-0.15, -0.1) is 0 Å². The van der Waals surface area contributed by atoms with Crippen LogP contribution in [0, 0.1) is 13.8 Å². The summed E-state index contributed by atoms with van der Waals surface area (Å²) in [6.07, 6.45) is 0. The third-order valence-electron chi connectivity index (χ3n) is 3.61. The molecule has 3 rings (SSSR count). The molecular formula is C20H19Se+. The van der Waals surface area contributed by atoms with Gasteiger partial charge in [-0.25, -0.2) is 0 Å². The van der Waals surface area contributed by atoms with Crippen molar-refractivity contribution in [3.05, 3.63) is 90.0 Å². The molecule has 0 amide bonds. The Balaban J connectivity index is 2.22. The van der Waals surface area contributed by atoms with Crippen LogP contribution in [0.1, 0.15) is 11.1 Å². The van der Waals surface area contributed by atoms with Crippen LogP contribution in [0.25, 0.3) is 0 Å². The van der Waals surface area contributed by atoms with E-state index in [1.165, 1.54) is 24.5 Å². The van der Waals surface area contributed by atoms with Gasteiger partial charge >= 0.3 is 131 Å². The van der Waals surface area contributed by atoms with Gasteiger partial charge in [0.2, 0.25) is 0 Å². The van der Waals surface area contributed by atoms with Crippen LogP contribution in [0.4, 0.5) is 0 Å². The Morgan fingerprint density at radius 1 is 0.524 bits per heavy atom. The molecule has 0 radical (unpaired) electrons. The first-order valence-electron chi connectivity index (χ1n) is 7.18. The summed E-state index contributed by atoms with van der Waals surface area (Å²) < 4.78 is 4.50. The van der Waals surface area contributed by atoms with Crippen molar-refractivity contribution in [2.45, 2.75) is 13.8 Å². The molecule has 0 heterocycles. The zero-order valence-electron chi connectivity index (χ0n) is 12.4. The molecule has 0 aliphatic heterocycles. The summed E-state index contributed by atoms with van der Waals surface area (Å²) in [4.78, 5) is 0. The summed E-state index contributed by atoms with van der Waals surface area (Å²) in [7, 11) is 0. The number of hydrogen-bond donors (Lipinski definition) is 0. The first-order chi connectivity index (χ1) is 10.3. The summed E-state index contributed by atoms with van der Waals surface area (Å²) in [5.41, 5.74) is 2.80. The van der Waals surface area contributed by atoms with Gasteiger partial charge in [0.1, 0.15) is 0 Å². The van der Waals surface area contributed by atoms with Crippen molar-refractivity contribution in [3.63, 3.8) is 0 Å². The van der Waals surface area contributed by atoms with Crippen molar-refractivity contribution >= 4 is 27.3 Å². The van der Waals surface area contributed by atoms with E-state index in [0.717, 1.165) is 0 Å². The Kier molecular flexibility index (Phi) is 4.24. The van der Waals surface area contributed by atoms with Crippen molar-refractivity contribution in [2.75, 3.05) is 0 Å². The predicted octanol–water partition coefficient (Wildman–Crippen LogP) is 2.82. The van der Waals surface area contributed by atoms with Crippen LogP contribution in [0.2, 0.25) is 0 Å². The monoisotopic (exact) mass is 339 g/mol. The molecule has 104 valence electrons. The topological polar surface area (TPSA) is 0 Å². The van der Waals surface area contributed by atoms with Crippen LogP contribution in [0.3, 0.4) is 0 Å². The molecule has 0 saturated carbocycles. The Labute approximate surface area is 131 Å². The van der Waals surface area contributed by atoms with Gasteiger partial charge < -0.3 is 0 Å². The van der Waals surface area contributed by atoms with Crippen molar-refractivity contribution in [1.82, 2.24) is 0 Å². The van der Waals surface area contributed by atoms with E-state index in [-0.39, 0.29) is 0 Å². The summed E-state index contributed by atoms with van der Waals surface area (Å²) in [5, 5.41) is 0. The molecule has 0 aromatic heterocycles. The number of benzene rings is 3. The number of hydrogen-bond acceptors (Lipinski definition) is 0. The molecule has 0 bridgehead atoms. The normalized spacial score (nSPS) is 10.8. The molecule has 0 fully saturated rings. The molecule has 0 nitrogen and oxygen atoms in total. The van der Waals surface area contributed by atoms with Gasteiger partial charge in [0.15, 0.2) is 0 Å². The first kappa shape index (κ1) is 14.1. The molecule has 21 heavy (non-hydrogen) atoms. The van der Waals surface area contributed by atoms with Crippen LogP contribution in [-0.2, 0) is 0 Å². The fourth-order valence-electron chi connectivity index (χ4n) is 2.50. The quantitative estimate of drug-likeness (QED) is 0.644. The molecule has 0 aliphatic rings. The third kappa shape index (κ3) is 2.95. The molecule has 0 unspecified atom stereocenters. The average molecular weight is 338 g/mol. The van der Waals surface area contributed by atoms with Crippen LogP contribution < -0.4 is 13.4 Å². The van der Waals surface area contributed by atoms with Crippen LogP contribution in [-0.4, -0.2) is 13.9 Å². The Morgan fingerprint density at radius 3 is 1.43 bits per heavy atom. The second-order valence-corrected chi connectivity index (χ2v) is 9.27. The van der Waals surface area contributed by atoms with E-state index in [1.54, 1.807) is 0 Å². The molecular weight excluding hydrogens is 319 g/mol. The van der Waals surface area contributed by atoms with Gasteiger partial charge in [0.25, 0.3) is 0 Å². The zero-order chi connectivity index (χ0) is 14.7. The predicted molar refractivity (Wildman–Crippen MR) is 93.5 cm³/mol. The molecule has 0 atom stereocenters. The molecule has 0 spiro atoms. The van der Waals surface area contributed by atoms with Crippen molar-refractivity contribution in [1.29, 1.82) is 0 Å². The molecule has 0 aliphatic carbocycles.